The Bertz CT molecular complexity index is 1440. The van der Waals surface area contributed by atoms with E-state index in [1.54, 1.807) is 36.4 Å². The molecule has 148 valence electrons. The lowest BCUT2D eigenvalue weighted by Gasteiger charge is -2.03. The number of aromatic nitrogens is 1. The Kier molecular flexibility index (Phi) is 4.91. The van der Waals surface area contributed by atoms with Crippen LogP contribution in [-0.2, 0) is 0 Å². The molecule has 5 aromatic rings. The fourth-order valence-corrected chi connectivity index (χ4v) is 5.03. The van der Waals surface area contributed by atoms with Gasteiger partial charge in [0.25, 0.3) is 5.91 Å². The number of carbonyl (C=O) groups excluding carboxylic acids is 1. The van der Waals surface area contributed by atoms with Gasteiger partial charge in [-0.2, -0.15) is 0 Å². The van der Waals surface area contributed by atoms with E-state index in [0.717, 1.165) is 10.1 Å². The lowest BCUT2D eigenvalue weighted by atomic mass is 10.2. The summed E-state index contributed by atoms with van der Waals surface area (Å²) in [5.74, 6) is 0.120. The summed E-state index contributed by atoms with van der Waals surface area (Å²) in [7, 11) is 0. The zero-order valence-electron chi connectivity index (χ0n) is 15.1. The Balaban J connectivity index is 1.46. The van der Waals surface area contributed by atoms with Gasteiger partial charge in [0.15, 0.2) is 5.58 Å². The van der Waals surface area contributed by atoms with Gasteiger partial charge in [-0.15, -0.1) is 11.3 Å². The second-order valence-electron chi connectivity index (χ2n) is 6.52. The largest absolute Gasteiger partial charge is 0.436 e. The Morgan fingerprint density at radius 3 is 2.67 bits per heavy atom. The van der Waals surface area contributed by atoms with Gasteiger partial charge in [0.1, 0.15) is 10.4 Å². The number of fused-ring (bicyclic) bond motifs is 2. The topological polar surface area (TPSA) is 55.1 Å². The molecule has 1 amide bonds. The summed E-state index contributed by atoms with van der Waals surface area (Å²) in [6, 6.07) is 17.9. The molecule has 0 saturated heterocycles. The Labute approximate surface area is 190 Å². The van der Waals surface area contributed by atoms with Crippen LogP contribution >= 0.6 is 46.1 Å². The number of oxazole rings is 1. The first-order valence-electron chi connectivity index (χ1n) is 8.84. The van der Waals surface area contributed by atoms with Gasteiger partial charge in [0.2, 0.25) is 5.89 Å². The minimum atomic E-state index is -0.300. The SMILES string of the molecule is O=C(Nc1ccc2oc(-c3ccccc3Cl)nc2c1)c1sc2cc(Cl)ccc2c1Cl. The quantitative estimate of drug-likeness (QED) is 0.289. The molecule has 2 aromatic heterocycles. The minimum absolute atomic E-state index is 0.300. The summed E-state index contributed by atoms with van der Waals surface area (Å²) in [5.41, 5.74) is 2.49. The van der Waals surface area contributed by atoms with Gasteiger partial charge in [-0.1, -0.05) is 53.0 Å². The number of benzene rings is 3. The van der Waals surface area contributed by atoms with Crippen LogP contribution in [0, 0.1) is 0 Å². The first-order valence-corrected chi connectivity index (χ1v) is 10.8. The molecular formula is C22H11Cl3N2O2S. The molecule has 0 aliphatic carbocycles. The van der Waals surface area contributed by atoms with Crippen LogP contribution in [-0.4, -0.2) is 10.9 Å². The Hall–Kier alpha value is -2.57. The normalized spacial score (nSPS) is 11.3. The molecule has 3 aromatic carbocycles. The maximum atomic E-state index is 12.8. The van der Waals surface area contributed by atoms with Crippen LogP contribution in [0.3, 0.4) is 0 Å². The average Bonchev–Trinajstić information content (AvgIpc) is 3.28. The lowest BCUT2D eigenvalue weighted by Crippen LogP contribution is -2.10. The summed E-state index contributed by atoms with van der Waals surface area (Å²) < 4.78 is 6.67. The van der Waals surface area contributed by atoms with Crippen molar-refractivity contribution in [1.29, 1.82) is 0 Å². The smallest absolute Gasteiger partial charge is 0.267 e. The van der Waals surface area contributed by atoms with E-state index in [1.165, 1.54) is 11.3 Å². The van der Waals surface area contributed by atoms with Gasteiger partial charge in [0.05, 0.1) is 15.6 Å². The molecule has 0 unspecified atom stereocenters. The summed E-state index contributed by atoms with van der Waals surface area (Å²) in [6.45, 7) is 0. The summed E-state index contributed by atoms with van der Waals surface area (Å²) in [6.07, 6.45) is 0. The molecule has 0 aliphatic rings. The van der Waals surface area contributed by atoms with Crippen molar-refractivity contribution in [3.8, 4) is 11.5 Å². The molecule has 0 spiro atoms. The van der Waals surface area contributed by atoms with Gasteiger partial charge >= 0.3 is 0 Å². The molecule has 4 nitrogen and oxygen atoms in total. The fraction of sp³-hybridized carbons (Fsp3) is 0. The van der Waals surface area contributed by atoms with Crippen molar-refractivity contribution in [2.45, 2.75) is 0 Å². The standard InChI is InChI=1S/C22H11Cl3N2O2S/c23-11-5-7-14-18(9-11)30-20(19(14)25)21(28)26-12-6-8-17-16(10-12)27-22(29-17)13-3-1-2-4-15(13)24/h1-10H,(H,26,28). The van der Waals surface area contributed by atoms with E-state index in [2.05, 4.69) is 10.3 Å². The van der Waals surface area contributed by atoms with E-state index in [4.69, 9.17) is 39.2 Å². The zero-order valence-corrected chi connectivity index (χ0v) is 18.2. The number of amides is 1. The van der Waals surface area contributed by atoms with Gasteiger partial charge in [-0.05, 0) is 42.5 Å². The van der Waals surface area contributed by atoms with Crippen LogP contribution in [0.15, 0.2) is 65.1 Å². The molecule has 0 atom stereocenters. The molecule has 5 rings (SSSR count). The van der Waals surface area contributed by atoms with Gasteiger partial charge in [-0.3, -0.25) is 4.79 Å². The van der Waals surface area contributed by atoms with Crippen LogP contribution in [0.4, 0.5) is 5.69 Å². The number of thiophene rings is 1. The van der Waals surface area contributed by atoms with E-state index in [0.29, 0.717) is 48.2 Å². The van der Waals surface area contributed by atoms with Gasteiger partial charge in [0, 0.05) is 20.8 Å². The number of carbonyl (C=O) groups is 1. The number of anilines is 1. The average molecular weight is 474 g/mol. The van der Waals surface area contributed by atoms with Gasteiger partial charge in [-0.25, -0.2) is 4.98 Å². The fourth-order valence-electron chi connectivity index (χ4n) is 3.13. The van der Waals surface area contributed by atoms with Crippen molar-refractivity contribution < 1.29 is 9.21 Å². The summed E-state index contributed by atoms with van der Waals surface area (Å²) >= 11 is 20.0. The number of hydrogen-bond acceptors (Lipinski definition) is 4. The molecule has 8 heteroatoms. The van der Waals surface area contributed by atoms with Crippen molar-refractivity contribution >= 4 is 78.9 Å². The maximum Gasteiger partial charge on any atom is 0.267 e. The molecule has 0 radical (unpaired) electrons. The molecule has 0 bridgehead atoms. The van der Waals surface area contributed by atoms with E-state index >= 15 is 0 Å². The molecule has 30 heavy (non-hydrogen) atoms. The van der Waals surface area contributed by atoms with E-state index < -0.39 is 0 Å². The second kappa shape index (κ2) is 7.60. The number of halogens is 3. The van der Waals surface area contributed by atoms with Crippen molar-refractivity contribution in [3.05, 3.63) is 80.6 Å². The number of nitrogens with zero attached hydrogens (tertiary/aromatic N) is 1. The van der Waals surface area contributed by atoms with Crippen molar-refractivity contribution in [2.24, 2.45) is 0 Å². The third-order valence-electron chi connectivity index (χ3n) is 4.55. The van der Waals surface area contributed by atoms with Crippen molar-refractivity contribution in [3.63, 3.8) is 0 Å². The maximum absolute atomic E-state index is 12.8. The monoisotopic (exact) mass is 472 g/mol. The van der Waals surface area contributed by atoms with Crippen LogP contribution in [0.5, 0.6) is 0 Å². The molecular weight excluding hydrogens is 463 g/mol. The highest BCUT2D eigenvalue weighted by atomic mass is 35.5. The molecule has 1 N–H and O–H groups in total. The van der Waals surface area contributed by atoms with Crippen LogP contribution in [0.2, 0.25) is 15.1 Å². The second-order valence-corrected chi connectivity index (χ2v) is 8.79. The summed E-state index contributed by atoms with van der Waals surface area (Å²) in [5, 5.41) is 5.23. The van der Waals surface area contributed by atoms with Gasteiger partial charge < -0.3 is 9.73 Å². The summed E-state index contributed by atoms with van der Waals surface area (Å²) in [4.78, 5) is 17.7. The Morgan fingerprint density at radius 1 is 1.00 bits per heavy atom. The zero-order chi connectivity index (χ0) is 20.8. The number of hydrogen-bond donors (Lipinski definition) is 1. The highest BCUT2D eigenvalue weighted by Crippen LogP contribution is 2.37. The molecule has 0 saturated carbocycles. The van der Waals surface area contributed by atoms with E-state index in [9.17, 15) is 4.79 Å². The van der Waals surface area contributed by atoms with Crippen molar-refractivity contribution in [2.75, 3.05) is 5.32 Å². The molecule has 0 aliphatic heterocycles. The predicted octanol–water partition coefficient (Wildman–Crippen LogP) is 7.92. The van der Waals surface area contributed by atoms with Crippen LogP contribution < -0.4 is 5.32 Å². The minimum Gasteiger partial charge on any atom is -0.436 e. The van der Waals surface area contributed by atoms with Crippen molar-refractivity contribution in [1.82, 2.24) is 4.98 Å². The number of rotatable bonds is 3. The third-order valence-corrected chi connectivity index (χ3v) is 6.77. The first-order chi connectivity index (χ1) is 14.5. The van der Waals surface area contributed by atoms with E-state index in [-0.39, 0.29) is 5.91 Å². The first kappa shape index (κ1) is 19.4. The van der Waals surface area contributed by atoms with Crippen LogP contribution in [0.25, 0.3) is 32.6 Å². The van der Waals surface area contributed by atoms with E-state index in [1.807, 2.05) is 24.3 Å². The Morgan fingerprint density at radius 2 is 1.83 bits per heavy atom. The lowest BCUT2D eigenvalue weighted by molar-refractivity contribution is 0.103. The molecule has 0 fully saturated rings. The highest BCUT2D eigenvalue weighted by Gasteiger charge is 2.18. The number of nitrogens with one attached hydrogen (secondary N) is 1. The predicted molar refractivity (Wildman–Crippen MR) is 124 cm³/mol. The highest BCUT2D eigenvalue weighted by molar-refractivity contribution is 7.21. The van der Waals surface area contributed by atoms with Crippen LogP contribution in [0.1, 0.15) is 9.67 Å². The molecule has 2 heterocycles. The third kappa shape index (κ3) is 3.44.